The van der Waals surface area contributed by atoms with Gasteiger partial charge >= 0.3 is 0 Å². The number of piperidine rings is 1. The van der Waals surface area contributed by atoms with E-state index in [1.54, 1.807) is 24.3 Å². The lowest BCUT2D eigenvalue weighted by Crippen LogP contribution is -2.43. The maximum atomic E-state index is 12.8. The number of nitrogens with one attached hydrogen (secondary N) is 2. The Labute approximate surface area is 194 Å². The highest BCUT2D eigenvalue weighted by Gasteiger charge is 2.31. The van der Waals surface area contributed by atoms with Gasteiger partial charge in [0.25, 0.3) is 0 Å². The van der Waals surface area contributed by atoms with Crippen LogP contribution < -0.4 is 5.32 Å². The van der Waals surface area contributed by atoms with Crippen LogP contribution in [0.25, 0.3) is 11.4 Å². The lowest BCUT2D eigenvalue weighted by atomic mass is 9.97. The van der Waals surface area contributed by atoms with E-state index in [2.05, 4.69) is 20.5 Å². The minimum atomic E-state index is -3.52. The molecule has 174 valence electrons. The van der Waals surface area contributed by atoms with Crippen molar-refractivity contribution in [3.8, 4) is 11.4 Å². The Morgan fingerprint density at radius 2 is 1.64 bits per heavy atom. The third-order valence-corrected chi connectivity index (χ3v) is 7.90. The van der Waals surface area contributed by atoms with Crippen molar-refractivity contribution in [2.45, 2.75) is 38.0 Å². The highest BCUT2D eigenvalue weighted by Crippen LogP contribution is 2.24. The molecule has 0 unspecified atom stereocenters. The number of amides is 1. The standard InChI is InChI=1S/C24H29N5O3S/c1-17-3-7-19(8-4-17)23-26-22(27-28-23)11-14-25-24(30)20-12-15-29(16-13-20)33(31,32)21-9-5-18(2)6-10-21/h3-10,20H,11-16H2,1-2H3,(H,25,30)(H,26,27,28). The quantitative estimate of drug-likeness (QED) is 0.556. The monoisotopic (exact) mass is 467 g/mol. The molecule has 1 aromatic heterocycles. The molecule has 33 heavy (non-hydrogen) atoms. The van der Waals surface area contributed by atoms with Gasteiger partial charge in [-0.15, -0.1) is 0 Å². The van der Waals surface area contributed by atoms with Gasteiger partial charge < -0.3 is 5.32 Å². The zero-order chi connectivity index (χ0) is 23.4. The largest absolute Gasteiger partial charge is 0.355 e. The van der Waals surface area contributed by atoms with E-state index < -0.39 is 10.0 Å². The highest BCUT2D eigenvalue weighted by atomic mass is 32.2. The lowest BCUT2D eigenvalue weighted by molar-refractivity contribution is -0.126. The third-order valence-electron chi connectivity index (χ3n) is 5.99. The Balaban J connectivity index is 1.24. The first-order valence-electron chi connectivity index (χ1n) is 11.2. The number of rotatable bonds is 7. The molecule has 0 bridgehead atoms. The van der Waals surface area contributed by atoms with Gasteiger partial charge in [-0.3, -0.25) is 9.89 Å². The second-order valence-electron chi connectivity index (χ2n) is 8.50. The smallest absolute Gasteiger partial charge is 0.243 e. The van der Waals surface area contributed by atoms with Crippen LogP contribution >= 0.6 is 0 Å². The second kappa shape index (κ2) is 9.84. The minimum Gasteiger partial charge on any atom is -0.355 e. The molecule has 8 nitrogen and oxygen atoms in total. The molecule has 0 aliphatic carbocycles. The summed E-state index contributed by atoms with van der Waals surface area (Å²) in [5.74, 6) is 1.12. The summed E-state index contributed by atoms with van der Waals surface area (Å²) in [6.07, 6.45) is 1.57. The van der Waals surface area contributed by atoms with Crippen molar-refractivity contribution in [3.05, 3.63) is 65.5 Å². The molecule has 0 atom stereocenters. The number of benzene rings is 2. The van der Waals surface area contributed by atoms with Crippen molar-refractivity contribution in [3.63, 3.8) is 0 Å². The molecular formula is C24H29N5O3S. The van der Waals surface area contributed by atoms with Crippen molar-refractivity contribution in [1.82, 2.24) is 24.8 Å². The fourth-order valence-electron chi connectivity index (χ4n) is 3.90. The van der Waals surface area contributed by atoms with Gasteiger partial charge in [-0.1, -0.05) is 47.5 Å². The first-order valence-corrected chi connectivity index (χ1v) is 12.6. The maximum Gasteiger partial charge on any atom is 0.243 e. The van der Waals surface area contributed by atoms with Gasteiger partial charge in [0.05, 0.1) is 4.90 Å². The zero-order valence-electron chi connectivity index (χ0n) is 18.9. The molecule has 1 fully saturated rings. The van der Waals surface area contributed by atoms with E-state index in [-0.39, 0.29) is 11.8 Å². The summed E-state index contributed by atoms with van der Waals surface area (Å²) in [6.45, 7) is 5.09. The molecule has 1 aliphatic rings. The molecular weight excluding hydrogens is 438 g/mol. The Bertz CT molecular complexity index is 1200. The predicted molar refractivity (Wildman–Crippen MR) is 126 cm³/mol. The van der Waals surface area contributed by atoms with Crippen LogP contribution in [0, 0.1) is 19.8 Å². The molecule has 4 rings (SSSR count). The molecule has 1 amide bonds. The average Bonchev–Trinajstić information content (AvgIpc) is 3.29. The van der Waals surface area contributed by atoms with E-state index in [4.69, 9.17) is 0 Å². The topological polar surface area (TPSA) is 108 Å². The minimum absolute atomic E-state index is 0.0411. The van der Waals surface area contributed by atoms with Gasteiger partial charge in [0.2, 0.25) is 15.9 Å². The summed E-state index contributed by atoms with van der Waals surface area (Å²) in [6, 6.07) is 14.9. The van der Waals surface area contributed by atoms with Crippen LogP contribution in [0.4, 0.5) is 0 Å². The summed E-state index contributed by atoms with van der Waals surface area (Å²) in [5.41, 5.74) is 3.14. The number of hydrogen-bond donors (Lipinski definition) is 2. The Kier molecular flexibility index (Phi) is 6.90. The van der Waals surface area contributed by atoms with Crippen molar-refractivity contribution in [2.24, 2.45) is 5.92 Å². The number of H-pyrrole nitrogens is 1. The van der Waals surface area contributed by atoms with Crippen LogP contribution in [-0.4, -0.2) is 53.4 Å². The van der Waals surface area contributed by atoms with Gasteiger partial charge in [0.15, 0.2) is 5.82 Å². The molecule has 0 radical (unpaired) electrons. The summed E-state index contributed by atoms with van der Waals surface area (Å²) in [5, 5.41) is 10.1. The van der Waals surface area contributed by atoms with E-state index in [1.165, 1.54) is 9.87 Å². The number of nitrogens with zero attached hydrogens (tertiary/aromatic N) is 3. The first-order chi connectivity index (χ1) is 15.8. The summed E-state index contributed by atoms with van der Waals surface area (Å²) in [7, 11) is -3.52. The van der Waals surface area contributed by atoms with E-state index in [0.29, 0.717) is 55.4 Å². The van der Waals surface area contributed by atoms with Crippen LogP contribution in [0.5, 0.6) is 0 Å². The number of hydrogen-bond acceptors (Lipinski definition) is 5. The van der Waals surface area contributed by atoms with Gasteiger partial charge in [-0.2, -0.15) is 9.40 Å². The number of carbonyl (C=O) groups excluding carboxylic acids is 1. The van der Waals surface area contributed by atoms with Crippen molar-refractivity contribution < 1.29 is 13.2 Å². The second-order valence-corrected chi connectivity index (χ2v) is 10.4. The van der Waals surface area contributed by atoms with Gasteiger partial charge in [-0.25, -0.2) is 13.4 Å². The Morgan fingerprint density at radius 3 is 2.27 bits per heavy atom. The number of sulfonamides is 1. The van der Waals surface area contributed by atoms with Crippen molar-refractivity contribution in [1.29, 1.82) is 0 Å². The van der Waals surface area contributed by atoms with Crippen LogP contribution in [0.2, 0.25) is 0 Å². The molecule has 0 saturated carbocycles. The summed E-state index contributed by atoms with van der Waals surface area (Å²) in [4.78, 5) is 17.4. The average molecular weight is 468 g/mol. The lowest BCUT2D eigenvalue weighted by Gasteiger charge is -2.30. The van der Waals surface area contributed by atoms with Crippen molar-refractivity contribution >= 4 is 15.9 Å². The third kappa shape index (κ3) is 5.48. The fraction of sp³-hybridized carbons (Fsp3) is 0.375. The maximum absolute atomic E-state index is 12.8. The van der Waals surface area contributed by atoms with Crippen molar-refractivity contribution in [2.75, 3.05) is 19.6 Å². The molecule has 3 aromatic rings. The molecule has 0 spiro atoms. The van der Waals surface area contributed by atoms with Crippen LogP contribution in [0.15, 0.2) is 53.4 Å². The van der Waals surface area contributed by atoms with E-state index >= 15 is 0 Å². The molecule has 2 N–H and O–H groups in total. The normalized spacial score (nSPS) is 15.5. The predicted octanol–water partition coefficient (Wildman–Crippen LogP) is 2.85. The summed E-state index contributed by atoms with van der Waals surface area (Å²) >= 11 is 0. The molecule has 9 heteroatoms. The van der Waals surface area contributed by atoms with Crippen LogP contribution in [0.1, 0.15) is 29.8 Å². The zero-order valence-corrected chi connectivity index (χ0v) is 19.7. The summed E-state index contributed by atoms with van der Waals surface area (Å²) < 4.78 is 27.1. The number of carbonyl (C=O) groups is 1. The Morgan fingerprint density at radius 1 is 1.03 bits per heavy atom. The fourth-order valence-corrected chi connectivity index (χ4v) is 5.37. The molecule has 1 saturated heterocycles. The van der Waals surface area contributed by atoms with E-state index in [0.717, 1.165) is 11.1 Å². The van der Waals surface area contributed by atoms with Crippen LogP contribution in [0.3, 0.4) is 0 Å². The Hall–Kier alpha value is -3.04. The van der Waals surface area contributed by atoms with E-state index in [1.807, 2.05) is 38.1 Å². The number of aromatic amines is 1. The van der Waals surface area contributed by atoms with E-state index in [9.17, 15) is 13.2 Å². The number of aryl methyl sites for hydroxylation is 2. The van der Waals surface area contributed by atoms with Gasteiger partial charge in [0, 0.05) is 37.5 Å². The first kappa shape index (κ1) is 23.1. The van der Waals surface area contributed by atoms with Crippen LogP contribution in [-0.2, 0) is 21.2 Å². The number of aromatic nitrogens is 3. The molecule has 2 aromatic carbocycles. The molecule has 1 aliphatic heterocycles. The van der Waals surface area contributed by atoms with Gasteiger partial charge in [0.1, 0.15) is 5.82 Å². The van der Waals surface area contributed by atoms with Gasteiger partial charge in [-0.05, 0) is 38.8 Å². The highest BCUT2D eigenvalue weighted by molar-refractivity contribution is 7.89. The molecule has 2 heterocycles. The SMILES string of the molecule is Cc1ccc(-c2n[nH]c(CCNC(=O)C3CCN(S(=O)(=O)c4ccc(C)cc4)CC3)n2)cc1.